The minimum atomic E-state index is -1.04. The van der Waals surface area contributed by atoms with Gasteiger partial charge in [-0.1, -0.05) is 57.5 Å². The lowest BCUT2D eigenvalue weighted by atomic mass is 9.66. The highest BCUT2D eigenvalue weighted by Crippen LogP contribution is 2.49. The lowest BCUT2D eigenvalue weighted by Gasteiger charge is -2.52. The van der Waals surface area contributed by atoms with Crippen molar-refractivity contribution in [3.63, 3.8) is 0 Å². The van der Waals surface area contributed by atoms with Gasteiger partial charge in [0.15, 0.2) is 0 Å². The molecule has 1 aliphatic rings. The molecule has 1 aliphatic heterocycles. The standard InChI is InChI=1S/C26H33ClN4O4/c1-16(2)21(30-22(32)17-6-5-7-20(28)14-17)23(33)31-13-12-26(35-24(29)34,25(3,4)15-31)18-8-10-19(27)11-9-18/h5-11,14,16,21H,12-13,15,28H2,1-4H3,(H2,29,34)(H,30,32)/t21-,26?/m0/s1. The second kappa shape index (κ2) is 10.2. The van der Waals surface area contributed by atoms with E-state index in [0.29, 0.717) is 35.8 Å². The number of nitrogens with one attached hydrogen (secondary N) is 1. The van der Waals surface area contributed by atoms with E-state index < -0.39 is 23.2 Å². The van der Waals surface area contributed by atoms with Crippen LogP contribution in [0.25, 0.3) is 0 Å². The molecule has 2 aromatic rings. The average Bonchev–Trinajstić information content (AvgIpc) is 2.78. The number of amides is 3. The second-order valence-corrected chi connectivity index (χ2v) is 10.4. The lowest BCUT2D eigenvalue weighted by molar-refractivity contribution is -0.155. The maximum Gasteiger partial charge on any atom is 0.405 e. The first-order valence-electron chi connectivity index (χ1n) is 11.6. The third-order valence-corrected chi connectivity index (χ3v) is 6.93. The van der Waals surface area contributed by atoms with Crippen LogP contribution in [0.15, 0.2) is 48.5 Å². The zero-order chi connectivity index (χ0) is 26.0. The van der Waals surface area contributed by atoms with Crippen molar-refractivity contribution in [2.75, 3.05) is 18.8 Å². The number of benzene rings is 2. The number of nitrogen functional groups attached to an aromatic ring is 1. The molecule has 0 saturated carbocycles. The number of hydrogen-bond donors (Lipinski definition) is 3. The smallest absolute Gasteiger partial charge is 0.405 e. The molecule has 0 radical (unpaired) electrons. The van der Waals surface area contributed by atoms with Crippen LogP contribution in [-0.4, -0.2) is 41.9 Å². The van der Waals surface area contributed by atoms with Crippen LogP contribution in [0, 0.1) is 11.3 Å². The topological polar surface area (TPSA) is 128 Å². The fraction of sp³-hybridized carbons (Fsp3) is 0.423. The van der Waals surface area contributed by atoms with Crippen LogP contribution in [0.1, 0.15) is 50.0 Å². The van der Waals surface area contributed by atoms with Crippen molar-refractivity contribution < 1.29 is 19.1 Å². The van der Waals surface area contributed by atoms with Gasteiger partial charge in [0.25, 0.3) is 5.91 Å². The molecule has 1 fully saturated rings. The monoisotopic (exact) mass is 500 g/mol. The Labute approximate surface area is 210 Å². The molecule has 3 rings (SSSR count). The molecule has 1 saturated heterocycles. The van der Waals surface area contributed by atoms with E-state index in [1.807, 2.05) is 39.8 Å². The first-order chi connectivity index (χ1) is 16.4. The Morgan fingerprint density at radius 1 is 1.11 bits per heavy atom. The number of hydrogen-bond acceptors (Lipinski definition) is 5. The quantitative estimate of drug-likeness (QED) is 0.518. The van der Waals surface area contributed by atoms with Crippen molar-refractivity contribution in [3.8, 4) is 0 Å². The highest BCUT2D eigenvalue weighted by Gasteiger charge is 2.54. The molecule has 2 atom stereocenters. The van der Waals surface area contributed by atoms with Gasteiger partial charge in [0.05, 0.1) is 0 Å². The number of carbonyl (C=O) groups is 3. The summed E-state index contributed by atoms with van der Waals surface area (Å²) in [5.41, 5.74) is 11.2. The van der Waals surface area contributed by atoms with E-state index in [4.69, 9.17) is 27.8 Å². The minimum absolute atomic E-state index is 0.152. The van der Waals surface area contributed by atoms with Crippen molar-refractivity contribution in [3.05, 3.63) is 64.7 Å². The normalized spacial score (nSPS) is 20.2. The summed E-state index contributed by atoms with van der Waals surface area (Å²) < 4.78 is 5.77. The summed E-state index contributed by atoms with van der Waals surface area (Å²) in [7, 11) is 0. The Hall–Kier alpha value is -3.26. The Morgan fingerprint density at radius 2 is 1.77 bits per heavy atom. The summed E-state index contributed by atoms with van der Waals surface area (Å²) >= 11 is 6.07. The van der Waals surface area contributed by atoms with E-state index in [9.17, 15) is 14.4 Å². The van der Waals surface area contributed by atoms with E-state index in [1.54, 1.807) is 41.3 Å². The summed E-state index contributed by atoms with van der Waals surface area (Å²) in [6.45, 7) is 8.23. The number of carbonyl (C=O) groups excluding carboxylic acids is 3. The Kier molecular flexibility index (Phi) is 7.65. The maximum atomic E-state index is 13.6. The van der Waals surface area contributed by atoms with Crippen LogP contribution in [0.4, 0.5) is 10.5 Å². The molecule has 1 heterocycles. The van der Waals surface area contributed by atoms with Gasteiger partial charge in [0, 0.05) is 41.2 Å². The van der Waals surface area contributed by atoms with Crippen molar-refractivity contribution in [1.29, 1.82) is 0 Å². The number of ether oxygens (including phenoxy) is 1. The van der Waals surface area contributed by atoms with Crippen molar-refractivity contribution in [1.82, 2.24) is 10.2 Å². The predicted molar refractivity (Wildman–Crippen MR) is 136 cm³/mol. The summed E-state index contributed by atoms with van der Waals surface area (Å²) in [6.07, 6.45) is -0.549. The molecule has 8 nitrogen and oxygen atoms in total. The molecule has 9 heteroatoms. The first kappa shape index (κ1) is 26.3. The van der Waals surface area contributed by atoms with Gasteiger partial charge in [-0.3, -0.25) is 9.59 Å². The van der Waals surface area contributed by atoms with Crippen molar-refractivity contribution >= 4 is 35.2 Å². The number of halogens is 1. The fourth-order valence-corrected chi connectivity index (χ4v) is 4.92. The van der Waals surface area contributed by atoms with Gasteiger partial charge >= 0.3 is 6.09 Å². The van der Waals surface area contributed by atoms with E-state index >= 15 is 0 Å². The van der Waals surface area contributed by atoms with Crippen LogP contribution < -0.4 is 16.8 Å². The van der Waals surface area contributed by atoms with Crippen LogP contribution >= 0.6 is 11.6 Å². The van der Waals surface area contributed by atoms with Crippen molar-refractivity contribution in [2.45, 2.75) is 45.8 Å². The highest BCUT2D eigenvalue weighted by molar-refractivity contribution is 6.30. The summed E-state index contributed by atoms with van der Waals surface area (Å²) in [6, 6.07) is 13.0. The van der Waals surface area contributed by atoms with Crippen LogP contribution in [0.2, 0.25) is 5.02 Å². The number of anilines is 1. The fourth-order valence-electron chi connectivity index (χ4n) is 4.79. The zero-order valence-electron chi connectivity index (χ0n) is 20.5. The molecule has 1 unspecified atom stereocenters. The van der Waals surface area contributed by atoms with Crippen LogP contribution in [0.5, 0.6) is 0 Å². The number of rotatable bonds is 6. The predicted octanol–water partition coefficient (Wildman–Crippen LogP) is 3.93. The van der Waals surface area contributed by atoms with Gasteiger partial charge in [-0.15, -0.1) is 0 Å². The highest BCUT2D eigenvalue weighted by atomic mass is 35.5. The summed E-state index contributed by atoms with van der Waals surface area (Å²) in [4.78, 5) is 40.1. The SMILES string of the molecule is CC(C)[C@H](NC(=O)c1cccc(N)c1)C(=O)N1CCC(OC(N)=O)(c2ccc(Cl)cc2)C(C)(C)C1. The lowest BCUT2D eigenvalue weighted by Crippen LogP contribution is -2.61. The summed E-state index contributed by atoms with van der Waals surface area (Å²) in [5, 5.41) is 3.43. The summed E-state index contributed by atoms with van der Waals surface area (Å²) in [5.74, 6) is -0.720. The molecular formula is C26H33ClN4O4. The molecule has 0 spiro atoms. The number of nitrogens with zero attached hydrogens (tertiary/aromatic N) is 1. The Balaban J connectivity index is 1.85. The van der Waals surface area contributed by atoms with E-state index in [1.165, 1.54) is 0 Å². The molecule has 188 valence electrons. The Morgan fingerprint density at radius 3 is 2.31 bits per heavy atom. The van der Waals surface area contributed by atoms with Crippen molar-refractivity contribution in [2.24, 2.45) is 17.1 Å². The molecule has 5 N–H and O–H groups in total. The molecule has 0 aromatic heterocycles. The second-order valence-electron chi connectivity index (χ2n) is 9.97. The molecule has 0 bridgehead atoms. The van der Waals surface area contributed by atoms with Crippen LogP contribution in [-0.2, 0) is 15.1 Å². The third kappa shape index (κ3) is 5.53. The Bertz CT molecular complexity index is 1100. The van der Waals surface area contributed by atoms with Gasteiger partial charge in [0.1, 0.15) is 11.6 Å². The number of likely N-dealkylation sites (tertiary alicyclic amines) is 1. The van der Waals surface area contributed by atoms with Gasteiger partial charge < -0.3 is 26.4 Å². The average molecular weight is 501 g/mol. The van der Waals surface area contributed by atoms with E-state index in [0.717, 1.165) is 5.56 Å². The molecular weight excluding hydrogens is 468 g/mol. The van der Waals surface area contributed by atoms with Gasteiger partial charge in [-0.2, -0.15) is 0 Å². The maximum absolute atomic E-state index is 13.6. The number of primary amides is 1. The number of nitrogens with two attached hydrogens (primary N) is 2. The zero-order valence-corrected chi connectivity index (χ0v) is 21.3. The largest absolute Gasteiger partial charge is 0.437 e. The third-order valence-electron chi connectivity index (χ3n) is 6.68. The minimum Gasteiger partial charge on any atom is -0.437 e. The van der Waals surface area contributed by atoms with E-state index in [2.05, 4.69) is 5.32 Å². The van der Waals surface area contributed by atoms with Crippen LogP contribution in [0.3, 0.4) is 0 Å². The van der Waals surface area contributed by atoms with E-state index in [-0.39, 0.29) is 17.7 Å². The van der Waals surface area contributed by atoms with Gasteiger partial charge in [-0.25, -0.2) is 4.79 Å². The molecule has 3 amide bonds. The first-order valence-corrected chi connectivity index (χ1v) is 11.9. The van der Waals surface area contributed by atoms with Gasteiger partial charge in [0.2, 0.25) is 5.91 Å². The molecule has 0 aliphatic carbocycles. The molecule has 35 heavy (non-hydrogen) atoms. The number of piperidine rings is 1. The van der Waals surface area contributed by atoms with Gasteiger partial charge in [-0.05, 0) is 41.8 Å². The molecule has 2 aromatic carbocycles.